The molecule has 0 aliphatic rings. The fraction of sp³-hybridized carbons (Fsp3) is 0.667. The third-order valence-corrected chi connectivity index (χ3v) is 4.45. The average Bonchev–Trinajstić information content (AvgIpc) is 2.45. The summed E-state index contributed by atoms with van der Waals surface area (Å²) in [6, 6.07) is 0. The van der Waals surface area contributed by atoms with E-state index >= 15 is 0 Å². The monoisotopic (exact) mass is 276 g/mol. The van der Waals surface area contributed by atoms with Gasteiger partial charge in [0, 0.05) is 11.4 Å². The minimum absolute atomic E-state index is 0.985. The summed E-state index contributed by atoms with van der Waals surface area (Å²) in [5.74, 6) is 0. The molecule has 0 aliphatic heterocycles. The standard InChI is InChI=1S/C18H32N2/c1-5-7-9-11-15-16(12-10-8-6-2)18(20)14(4)13(3)17(15)19/h5-12,19-20H2,1-4H3. The highest BCUT2D eigenvalue weighted by atomic mass is 14.6. The van der Waals surface area contributed by atoms with Gasteiger partial charge in [-0.3, -0.25) is 0 Å². The Labute approximate surface area is 124 Å². The summed E-state index contributed by atoms with van der Waals surface area (Å²) in [5.41, 5.74) is 19.7. The maximum atomic E-state index is 6.38. The van der Waals surface area contributed by atoms with Crippen LogP contribution in [0.3, 0.4) is 0 Å². The number of benzene rings is 1. The zero-order valence-electron chi connectivity index (χ0n) is 13.8. The van der Waals surface area contributed by atoms with Crippen molar-refractivity contribution in [3.05, 3.63) is 22.3 Å². The molecule has 4 N–H and O–H groups in total. The quantitative estimate of drug-likeness (QED) is 0.522. The van der Waals surface area contributed by atoms with Crippen molar-refractivity contribution in [2.24, 2.45) is 0 Å². The highest BCUT2D eigenvalue weighted by Crippen LogP contribution is 2.33. The third kappa shape index (κ3) is 3.91. The zero-order valence-corrected chi connectivity index (χ0v) is 13.8. The second-order valence-electron chi connectivity index (χ2n) is 5.95. The van der Waals surface area contributed by atoms with Gasteiger partial charge in [0.25, 0.3) is 0 Å². The Morgan fingerprint density at radius 1 is 0.650 bits per heavy atom. The van der Waals surface area contributed by atoms with E-state index in [1.165, 1.54) is 60.8 Å². The molecule has 0 amide bonds. The molecule has 0 bridgehead atoms. The normalized spacial score (nSPS) is 11.0. The van der Waals surface area contributed by atoms with Crippen LogP contribution in [0.5, 0.6) is 0 Å². The number of hydrogen-bond donors (Lipinski definition) is 2. The first kappa shape index (κ1) is 16.9. The van der Waals surface area contributed by atoms with E-state index in [1.54, 1.807) is 0 Å². The molecule has 1 aromatic rings. The molecule has 2 nitrogen and oxygen atoms in total. The van der Waals surface area contributed by atoms with Crippen molar-refractivity contribution in [3.63, 3.8) is 0 Å². The van der Waals surface area contributed by atoms with Crippen molar-refractivity contribution in [1.82, 2.24) is 0 Å². The number of anilines is 2. The Balaban J connectivity index is 3.08. The minimum atomic E-state index is 0.985. The van der Waals surface area contributed by atoms with Gasteiger partial charge in [0.1, 0.15) is 0 Å². The van der Waals surface area contributed by atoms with Crippen LogP contribution >= 0.6 is 0 Å². The van der Waals surface area contributed by atoms with E-state index in [-0.39, 0.29) is 0 Å². The van der Waals surface area contributed by atoms with Gasteiger partial charge in [-0.25, -0.2) is 0 Å². The van der Waals surface area contributed by atoms with Gasteiger partial charge in [-0.15, -0.1) is 0 Å². The van der Waals surface area contributed by atoms with Crippen molar-refractivity contribution < 1.29 is 0 Å². The van der Waals surface area contributed by atoms with Gasteiger partial charge in [0.05, 0.1) is 0 Å². The van der Waals surface area contributed by atoms with Gasteiger partial charge in [0.2, 0.25) is 0 Å². The number of nitrogens with two attached hydrogens (primary N) is 2. The van der Waals surface area contributed by atoms with E-state index in [0.717, 1.165) is 24.2 Å². The van der Waals surface area contributed by atoms with Crippen LogP contribution in [0.1, 0.15) is 74.6 Å². The maximum absolute atomic E-state index is 6.38. The molecule has 0 fully saturated rings. The zero-order chi connectivity index (χ0) is 15.1. The highest BCUT2D eigenvalue weighted by Gasteiger charge is 2.15. The van der Waals surface area contributed by atoms with Crippen molar-refractivity contribution in [2.45, 2.75) is 79.1 Å². The first-order valence-corrected chi connectivity index (χ1v) is 8.20. The fourth-order valence-corrected chi connectivity index (χ4v) is 2.86. The lowest BCUT2D eigenvalue weighted by Gasteiger charge is -2.20. The largest absolute Gasteiger partial charge is 0.398 e. The maximum Gasteiger partial charge on any atom is 0.0383 e. The minimum Gasteiger partial charge on any atom is -0.398 e. The molecule has 2 heteroatoms. The number of nitrogen functional groups attached to an aromatic ring is 2. The number of rotatable bonds is 8. The van der Waals surface area contributed by atoms with E-state index in [9.17, 15) is 0 Å². The molecule has 0 saturated heterocycles. The second kappa shape index (κ2) is 8.18. The van der Waals surface area contributed by atoms with Crippen LogP contribution in [0.15, 0.2) is 0 Å². The van der Waals surface area contributed by atoms with E-state index < -0.39 is 0 Å². The smallest absolute Gasteiger partial charge is 0.0383 e. The second-order valence-corrected chi connectivity index (χ2v) is 5.95. The van der Waals surface area contributed by atoms with Gasteiger partial charge < -0.3 is 11.5 Å². The summed E-state index contributed by atoms with van der Waals surface area (Å²) < 4.78 is 0. The first-order chi connectivity index (χ1) is 9.54. The van der Waals surface area contributed by atoms with Crippen LogP contribution in [-0.4, -0.2) is 0 Å². The summed E-state index contributed by atoms with van der Waals surface area (Å²) in [4.78, 5) is 0. The van der Waals surface area contributed by atoms with Crippen LogP contribution in [0.2, 0.25) is 0 Å². The number of unbranched alkanes of at least 4 members (excludes halogenated alkanes) is 4. The summed E-state index contributed by atoms with van der Waals surface area (Å²) in [6.07, 6.45) is 9.59. The topological polar surface area (TPSA) is 52.0 Å². The predicted octanol–water partition coefficient (Wildman–Crippen LogP) is 4.93. The summed E-state index contributed by atoms with van der Waals surface area (Å²) >= 11 is 0. The van der Waals surface area contributed by atoms with Gasteiger partial charge in [-0.2, -0.15) is 0 Å². The molecule has 1 aromatic carbocycles. The van der Waals surface area contributed by atoms with E-state index in [2.05, 4.69) is 27.7 Å². The van der Waals surface area contributed by atoms with Gasteiger partial charge in [-0.05, 0) is 61.8 Å². The predicted molar refractivity (Wildman–Crippen MR) is 91.2 cm³/mol. The molecule has 1 rings (SSSR count). The average molecular weight is 276 g/mol. The van der Waals surface area contributed by atoms with E-state index in [4.69, 9.17) is 11.5 Å². The molecule has 114 valence electrons. The first-order valence-electron chi connectivity index (χ1n) is 8.20. The molecule has 20 heavy (non-hydrogen) atoms. The van der Waals surface area contributed by atoms with Crippen LogP contribution in [-0.2, 0) is 12.8 Å². The SMILES string of the molecule is CCCCCc1c(N)c(C)c(C)c(N)c1CCCCC. The lowest BCUT2D eigenvalue weighted by atomic mass is 9.89. The van der Waals surface area contributed by atoms with Gasteiger partial charge >= 0.3 is 0 Å². The molecule has 0 aromatic heterocycles. The Kier molecular flexibility index (Phi) is 6.90. The lowest BCUT2D eigenvalue weighted by molar-refractivity contribution is 0.694. The van der Waals surface area contributed by atoms with Crippen LogP contribution in [0, 0.1) is 13.8 Å². The van der Waals surface area contributed by atoms with Gasteiger partial charge in [-0.1, -0.05) is 39.5 Å². The molecular formula is C18H32N2. The Hall–Kier alpha value is -1.18. The summed E-state index contributed by atoms with van der Waals surface area (Å²) in [5, 5.41) is 0. The van der Waals surface area contributed by atoms with Crippen molar-refractivity contribution in [1.29, 1.82) is 0 Å². The van der Waals surface area contributed by atoms with Crippen LogP contribution in [0.4, 0.5) is 11.4 Å². The molecule has 0 radical (unpaired) electrons. The van der Waals surface area contributed by atoms with E-state index in [0.29, 0.717) is 0 Å². The number of hydrogen-bond acceptors (Lipinski definition) is 2. The summed E-state index contributed by atoms with van der Waals surface area (Å²) in [7, 11) is 0. The molecule has 0 spiro atoms. The van der Waals surface area contributed by atoms with E-state index in [1.807, 2.05) is 0 Å². The van der Waals surface area contributed by atoms with Crippen LogP contribution in [0.25, 0.3) is 0 Å². The molecule has 0 unspecified atom stereocenters. The Bertz CT molecular complexity index is 395. The lowest BCUT2D eigenvalue weighted by Crippen LogP contribution is -2.09. The molecule has 0 atom stereocenters. The summed E-state index contributed by atoms with van der Waals surface area (Å²) in [6.45, 7) is 8.67. The molecule has 0 saturated carbocycles. The molecule has 0 heterocycles. The van der Waals surface area contributed by atoms with Crippen LogP contribution < -0.4 is 11.5 Å². The Morgan fingerprint density at radius 3 is 1.30 bits per heavy atom. The highest BCUT2D eigenvalue weighted by molar-refractivity contribution is 5.70. The van der Waals surface area contributed by atoms with Crippen molar-refractivity contribution in [3.8, 4) is 0 Å². The van der Waals surface area contributed by atoms with Gasteiger partial charge in [0.15, 0.2) is 0 Å². The molecule has 0 aliphatic carbocycles. The Morgan fingerprint density at radius 2 is 1.00 bits per heavy atom. The van der Waals surface area contributed by atoms with Crippen molar-refractivity contribution in [2.75, 3.05) is 11.5 Å². The molecular weight excluding hydrogens is 244 g/mol. The van der Waals surface area contributed by atoms with Crippen molar-refractivity contribution >= 4 is 11.4 Å². The fourth-order valence-electron chi connectivity index (χ4n) is 2.86. The third-order valence-electron chi connectivity index (χ3n) is 4.45.